The van der Waals surface area contributed by atoms with E-state index in [0.717, 1.165) is 116 Å². The number of rotatable bonds is 61. The Morgan fingerprint density at radius 1 is 0.266 bits per heavy atom. The summed E-state index contributed by atoms with van der Waals surface area (Å²) in [5.41, 5.74) is 0. The highest BCUT2D eigenvalue weighted by Gasteiger charge is 2.19. The second kappa shape index (κ2) is 66.8. The molecule has 0 fully saturated rings. The number of hydrogen-bond acceptors (Lipinski definition) is 6. The first kappa shape index (κ1) is 75.3. The first-order valence-electron chi connectivity index (χ1n) is 33.7. The summed E-state index contributed by atoms with van der Waals surface area (Å²) in [6.07, 6.45) is 90.0. The molecule has 0 aromatic rings. The van der Waals surface area contributed by atoms with Crippen LogP contribution in [0.2, 0.25) is 0 Å². The van der Waals surface area contributed by atoms with Gasteiger partial charge in [0.2, 0.25) is 0 Å². The molecule has 1 unspecified atom stereocenters. The maximum Gasteiger partial charge on any atom is 0.306 e. The summed E-state index contributed by atoms with van der Waals surface area (Å²) in [5, 5.41) is 0. The fraction of sp³-hybridized carbons (Fsp3) is 0.740. The van der Waals surface area contributed by atoms with Crippen molar-refractivity contribution in [2.45, 2.75) is 335 Å². The summed E-state index contributed by atoms with van der Waals surface area (Å²) < 4.78 is 16.9. The van der Waals surface area contributed by atoms with Crippen molar-refractivity contribution in [1.82, 2.24) is 0 Å². The Kier molecular flexibility index (Phi) is 63.7. The van der Waals surface area contributed by atoms with Crippen LogP contribution in [0.15, 0.2) is 97.2 Å². The van der Waals surface area contributed by atoms with E-state index in [9.17, 15) is 14.4 Å². The van der Waals surface area contributed by atoms with Gasteiger partial charge in [-0.05, 0) is 122 Å². The fourth-order valence-corrected chi connectivity index (χ4v) is 9.50. The third-order valence-corrected chi connectivity index (χ3v) is 14.5. The zero-order valence-corrected chi connectivity index (χ0v) is 52.1. The molecule has 1 atom stereocenters. The molecule has 0 aliphatic heterocycles. The zero-order valence-electron chi connectivity index (χ0n) is 52.1. The molecule has 6 heteroatoms. The Labute approximate surface area is 489 Å². The predicted octanol–water partition coefficient (Wildman–Crippen LogP) is 23.2. The third kappa shape index (κ3) is 65.0. The highest BCUT2D eigenvalue weighted by atomic mass is 16.6. The average molecular weight is 1100 g/mol. The van der Waals surface area contributed by atoms with E-state index < -0.39 is 6.10 Å². The van der Waals surface area contributed by atoms with Gasteiger partial charge in [0.1, 0.15) is 13.2 Å². The maximum absolute atomic E-state index is 12.9. The van der Waals surface area contributed by atoms with Gasteiger partial charge in [0.25, 0.3) is 0 Å². The molecule has 454 valence electrons. The molecule has 0 heterocycles. The van der Waals surface area contributed by atoms with Gasteiger partial charge in [-0.25, -0.2) is 0 Å². The van der Waals surface area contributed by atoms with Crippen molar-refractivity contribution in [2.75, 3.05) is 13.2 Å². The van der Waals surface area contributed by atoms with Gasteiger partial charge in [-0.15, -0.1) is 0 Å². The molecule has 0 aliphatic carbocycles. The molecule has 79 heavy (non-hydrogen) atoms. The Hall–Kier alpha value is -3.67. The van der Waals surface area contributed by atoms with Crippen LogP contribution in [0.1, 0.15) is 329 Å². The van der Waals surface area contributed by atoms with Crippen molar-refractivity contribution in [2.24, 2.45) is 0 Å². The third-order valence-electron chi connectivity index (χ3n) is 14.5. The molecular weight excluding hydrogens is 973 g/mol. The van der Waals surface area contributed by atoms with Crippen LogP contribution in [0.5, 0.6) is 0 Å². The van der Waals surface area contributed by atoms with Crippen molar-refractivity contribution in [3.05, 3.63) is 97.2 Å². The average Bonchev–Trinajstić information content (AvgIpc) is 3.45. The lowest BCUT2D eigenvalue weighted by atomic mass is 10.0. The van der Waals surface area contributed by atoms with Crippen molar-refractivity contribution in [1.29, 1.82) is 0 Å². The van der Waals surface area contributed by atoms with Crippen molar-refractivity contribution >= 4 is 17.9 Å². The molecule has 0 amide bonds. The Bertz CT molecular complexity index is 1540. The van der Waals surface area contributed by atoms with Gasteiger partial charge in [0, 0.05) is 19.3 Å². The highest BCUT2D eigenvalue weighted by Crippen LogP contribution is 2.17. The summed E-state index contributed by atoms with van der Waals surface area (Å²) in [5.74, 6) is -0.923. The number of hydrogen-bond donors (Lipinski definition) is 0. The standard InChI is InChI=1S/C73H126O6/c1-4-7-10-13-16-19-22-25-27-29-31-32-33-34-35-36-37-38-39-40-42-43-45-48-51-54-57-60-63-66-72(75)78-69-70(68-77-71(74)65-62-59-56-53-50-47-24-21-18-15-12-9-6-3)79-73(76)67-64-61-58-55-52-49-46-44-41-30-28-26-23-20-17-14-11-8-5-2/h9,12,17-18,20-22,25-26,28-29,31,41,44,47,50,70H,4-8,10-11,13-16,19,23-24,27,30,32-40,42-43,45-46,48-49,51-69H2,1-3H3/b12-9-,20-17-,21-18-,25-22-,28-26-,31-29-,44-41-,50-47-. The van der Waals surface area contributed by atoms with E-state index in [0.29, 0.717) is 19.3 Å². The fourth-order valence-electron chi connectivity index (χ4n) is 9.50. The molecule has 0 rings (SSSR count). The molecule has 0 saturated carbocycles. The highest BCUT2D eigenvalue weighted by molar-refractivity contribution is 5.71. The zero-order chi connectivity index (χ0) is 57.1. The lowest BCUT2D eigenvalue weighted by Gasteiger charge is -2.18. The van der Waals surface area contributed by atoms with E-state index in [-0.39, 0.29) is 31.1 Å². The molecule has 0 saturated heterocycles. The SMILES string of the molecule is CC/C=C\C/C=C\C/C=C\CCCCCC(=O)OCC(COC(=O)CCCCCCCCCCCCCCCCCCC/C=C\C/C=C\CCCCCCC)OC(=O)CCCCCCCC/C=C\C/C=C\C/C=C\CCCCC. The lowest BCUT2D eigenvalue weighted by Crippen LogP contribution is -2.30. The van der Waals surface area contributed by atoms with Crippen LogP contribution < -0.4 is 0 Å². The molecule has 0 bridgehead atoms. The summed E-state index contributed by atoms with van der Waals surface area (Å²) in [6, 6.07) is 0. The molecule has 0 spiro atoms. The molecule has 6 nitrogen and oxygen atoms in total. The number of carbonyl (C=O) groups is 3. The van der Waals surface area contributed by atoms with Gasteiger partial charge in [-0.3, -0.25) is 14.4 Å². The summed E-state index contributed by atoms with van der Waals surface area (Å²) in [6.45, 7) is 6.48. The Morgan fingerprint density at radius 2 is 0.494 bits per heavy atom. The van der Waals surface area contributed by atoms with Crippen molar-refractivity contribution < 1.29 is 28.6 Å². The normalized spacial score (nSPS) is 12.7. The van der Waals surface area contributed by atoms with E-state index >= 15 is 0 Å². The van der Waals surface area contributed by atoms with Gasteiger partial charge < -0.3 is 14.2 Å². The summed E-state index contributed by atoms with van der Waals surface area (Å²) in [4.78, 5) is 38.3. The minimum atomic E-state index is -0.798. The molecule has 0 aliphatic rings. The number of allylic oxidation sites excluding steroid dienone is 16. The molecule has 0 aromatic heterocycles. The van der Waals surface area contributed by atoms with Gasteiger partial charge in [0.15, 0.2) is 6.10 Å². The Morgan fingerprint density at radius 3 is 0.810 bits per heavy atom. The van der Waals surface area contributed by atoms with Crippen molar-refractivity contribution in [3.8, 4) is 0 Å². The number of carbonyl (C=O) groups excluding carboxylic acids is 3. The van der Waals surface area contributed by atoms with Crippen molar-refractivity contribution in [3.63, 3.8) is 0 Å². The molecule has 0 radical (unpaired) electrons. The quantitative estimate of drug-likeness (QED) is 0.0261. The number of ether oxygens (including phenoxy) is 3. The molecule has 0 aromatic carbocycles. The van der Waals surface area contributed by atoms with E-state index in [1.165, 1.54) is 173 Å². The molecule has 0 N–H and O–H groups in total. The van der Waals surface area contributed by atoms with E-state index in [4.69, 9.17) is 14.2 Å². The second-order valence-corrected chi connectivity index (χ2v) is 22.3. The topological polar surface area (TPSA) is 78.9 Å². The van der Waals surface area contributed by atoms with Crippen LogP contribution >= 0.6 is 0 Å². The minimum absolute atomic E-state index is 0.0909. The van der Waals surface area contributed by atoms with Gasteiger partial charge in [0.05, 0.1) is 0 Å². The van der Waals surface area contributed by atoms with Gasteiger partial charge >= 0.3 is 17.9 Å². The summed E-state index contributed by atoms with van der Waals surface area (Å²) in [7, 11) is 0. The largest absolute Gasteiger partial charge is 0.462 e. The second-order valence-electron chi connectivity index (χ2n) is 22.3. The Balaban J connectivity index is 4.26. The van der Waals surface area contributed by atoms with Crippen LogP contribution in [0.4, 0.5) is 0 Å². The van der Waals surface area contributed by atoms with Crippen LogP contribution in [0.25, 0.3) is 0 Å². The number of unbranched alkanes of at least 4 members (excludes halogenated alkanes) is 34. The van der Waals surface area contributed by atoms with Gasteiger partial charge in [-0.1, -0.05) is 285 Å². The van der Waals surface area contributed by atoms with Crippen LogP contribution in [-0.2, 0) is 28.6 Å². The van der Waals surface area contributed by atoms with E-state index in [1.807, 2.05) is 0 Å². The summed E-state index contributed by atoms with van der Waals surface area (Å²) >= 11 is 0. The predicted molar refractivity (Wildman–Crippen MR) is 344 cm³/mol. The van der Waals surface area contributed by atoms with E-state index in [1.54, 1.807) is 0 Å². The molecular formula is C73H126O6. The number of esters is 3. The first-order chi connectivity index (χ1) is 39.0. The monoisotopic (exact) mass is 1100 g/mol. The van der Waals surface area contributed by atoms with Crippen LogP contribution in [0, 0.1) is 0 Å². The maximum atomic E-state index is 12.9. The van der Waals surface area contributed by atoms with E-state index in [2.05, 4.69) is 118 Å². The van der Waals surface area contributed by atoms with Crippen LogP contribution in [-0.4, -0.2) is 37.2 Å². The van der Waals surface area contributed by atoms with Crippen LogP contribution in [0.3, 0.4) is 0 Å². The smallest absolute Gasteiger partial charge is 0.306 e. The first-order valence-corrected chi connectivity index (χ1v) is 33.7. The lowest BCUT2D eigenvalue weighted by molar-refractivity contribution is -0.167. The van der Waals surface area contributed by atoms with Gasteiger partial charge in [-0.2, -0.15) is 0 Å². The minimum Gasteiger partial charge on any atom is -0.462 e.